The quantitative estimate of drug-likeness (QED) is 0.815. The molecule has 0 aliphatic carbocycles. The third-order valence-corrected chi connectivity index (χ3v) is 7.35. The van der Waals surface area contributed by atoms with Gasteiger partial charge in [0.1, 0.15) is 0 Å². The van der Waals surface area contributed by atoms with E-state index in [9.17, 15) is 18.0 Å². The zero-order chi connectivity index (χ0) is 18.7. The maximum atomic E-state index is 12.7. The lowest BCUT2D eigenvalue weighted by atomic mass is 10.1. The van der Waals surface area contributed by atoms with Gasteiger partial charge in [-0.3, -0.25) is 9.59 Å². The molecule has 1 heterocycles. The van der Waals surface area contributed by atoms with Crippen molar-refractivity contribution in [1.82, 2.24) is 0 Å². The predicted octanol–water partition coefficient (Wildman–Crippen LogP) is 2.32. The van der Waals surface area contributed by atoms with Gasteiger partial charge in [-0.1, -0.05) is 18.2 Å². The standard InChI is InChI=1S/C18H18N2O4S2/c19-17(21)12-4-3-5-13(10-12)20-18(22)15-6-1-2-7-16(15)25-14-8-9-26(23,24)11-14/h1-7,10,14H,8-9,11H2,(H2,19,21)(H,20,22)/t14-/m0/s1. The van der Waals surface area contributed by atoms with Gasteiger partial charge in [0.25, 0.3) is 5.91 Å². The highest BCUT2D eigenvalue weighted by Crippen LogP contribution is 2.33. The second-order valence-corrected chi connectivity index (χ2v) is 9.61. The molecule has 2 aromatic rings. The van der Waals surface area contributed by atoms with Crippen LogP contribution in [-0.2, 0) is 9.84 Å². The van der Waals surface area contributed by atoms with Crippen molar-refractivity contribution in [3.63, 3.8) is 0 Å². The number of amides is 2. The lowest BCUT2D eigenvalue weighted by Crippen LogP contribution is -2.15. The lowest BCUT2D eigenvalue weighted by Gasteiger charge is -2.13. The minimum absolute atomic E-state index is 0.0489. The summed E-state index contributed by atoms with van der Waals surface area (Å²) in [5.74, 6) is -0.567. The number of anilines is 1. The molecule has 0 saturated carbocycles. The average molecular weight is 390 g/mol. The van der Waals surface area contributed by atoms with Crippen molar-refractivity contribution in [2.75, 3.05) is 16.8 Å². The van der Waals surface area contributed by atoms with Crippen LogP contribution in [0.3, 0.4) is 0 Å². The summed E-state index contributed by atoms with van der Waals surface area (Å²) in [4.78, 5) is 24.7. The molecular formula is C18H18N2O4S2. The molecule has 0 spiro atoms. The number of rotatable bonds is 5. The van der Waals surface area contributed by atoms with Gasteiger partial charge in [0, 0.05) is 21.4 Å². The molecule has 2 amide bonds. The van der Waals surface area contributed by atoms with Crippen molar-refractivity contribution in [1.29, 1.82) is 0 Å². The number of benzene rings is 2. The van der Waals surface area contributed by atoms with E-state index >= 15 is 0 Å². The number of nitrogens with two attached hydrogens (primary N) is 1. The SMILES string of the molecule is NC(=O)c1cccc(NC(=O)c2ccccc2S[C@H]2CCS(=O)(=O)C2)c1. The fourth-order valence-corrected chi connectivity index (χ4v) is 6.37. The fraction of sp³-hybridized carbons (Fsp3) is 0.222. The van der Waals surface area contributed by atoms with E-state index in [0.717, 1.165) is 4.90 Å². The topological polar surface area (TPSA) is 106 Å². The van der Waals surface area contributed by atoms with Gasteiger partial charge in [0.05, 0.1) is 17.1 Å². The number of carbonyl (C=O) groups is 2. The van der Waals surface area contributed by atoms with Crippen LogP contribution in [0.1, 0.15) is 27.1 Å². The number of thioether (sulfide) groups is 1. The van der Waals surface area contributed by atoms with Gasteiger partial charge in [-0.2, -0.15) is 0 Å². The van der Waals surface area contributed by atoms with Crippen molar-refractivity contribution < 1.29 is 18.0 Å². The van der Waals surface area contributed by atoms with Gasteiger partial charge >= 0.3 is 0 Å². The summed E-state index contributed by atoms with van der Waals surface area (Å²) >= 11 is 1.41. The Labute approximate surface area is 156 Å². The molecule has 6 nitrogen and oxygen atoms in total. The van der Waals surface area contributed by atoms with E-state index in [-0.39, 0.29) is 22.7 Å². The Morgan fingerprint density at radius 3 is 2.58 bits per heavy atom. The van der Waals surface area contributed by atoms with Crippen LogP contribution >= 0.6 is 11.8 Å². The fourth-order valence-electron chi connectivity index (χ4n) is 2.74. The maximum absolute atomic E-state index is 12.7. The zero-order valence-electron chi connectivity index (χ0n) is 13.8. The van der Waals surface area contributed by atoms with Gasteiger partial charge < -0.3 is 11.1 Å². The van der Waals surface area contributed by atoms with Gasteiger partial charge in [-0.25, -0.2) is 8.42 Å². The second kappa shape index (κ2) is 7.51. The highest BCUT2D eigenvalue weighted by molar-refractivity contribution is 8.02. The Morgan fingerprint density at radius 2 is 1.88 bits per heavy atom. The van der Waals surface area contributed by atoms with Crippen molar-refractivity contribution >= 4 is 39.1 Å². The third kappa shape index (κ3) is 4.44. The average Bonchev–Trinajstić information content (AvgIpc) is 2.94. The van der Waals surface area contributed by atoms with Gasteiger partial charge in [0.2, 0.25) is 5.91 Å². The highest BCUT2D eigenvalue weighted by atomic mass is 32.2. The Balaban J connectivity index is 1.78. The van der Waals surface area contributed by atoms with E-state index in [1.165, 1.54) is 17.8 Å². The maximum Gasteiger partial charge on any atom is 0.256 e. The van der Waals surface area contributed by atoms with Crippen LogP contribution in [0.2, 0.25) is 0 Å². The smallest absolute Gasteiger partial charge is 0.256 e. The number of sulfone groups is 1. The van der Waals surface area contributed by atoms with E-state index in [1.54, 1.807) is 30.3 Å². The first-order chi connectivity index (χ1) is 12.3. The van der Waals surface area contributed by atoms with Crippen molar-refractivity contribution in [3.8, 4) is 0 Å². The summed E-state index contributed by atoms with van der Waals surface area (Å²) in [5.41, 5.74) is 6.50. The molecule has 26 heavy (non-hydrogen) atoms. The number of hydrogen-bond acceptors (Lipinski definition) is 5. The largest absolute Gasteiger partial charge is 0.366 e. The summed E-state index contributed by atoms with van der Waals surface area (Å²) in [6.07, 6.45) is 0.587. The summed E-state index contributed by atoms with van der Waals surface area (Å²) in [5, 5.41) is 2.71. The van der Waals surface area contributed by atoms with E-state index in [1.807, 2.05) is 12.1 Å². The molecule has 0 aromatic heterocycles. The molecule has 8 heteroatoms. The molecule has 3 N–H and O–H groups in total. The minimum atomic E-state index is -2.98. The first-order valence-corrected chi connectivity index (χ1v) is 10.7. The normalized spacial score (nSPS) is 18.4. The van der Waals surface area contributed by atoms with Crippen molar-refractivity contribution in [2.24, 2.45) is 5.73 Å². The Kier molecular flexibility index (Phi) is 5.33. The molecule has 3 rings (SSSR count). The molecule has 1 aliphatic rings. The molecule has 0 bridgehead atoms. The van der Waals surface area contributed by atoms with Crippen LogP contribution in [0, 0.1) is 0 Å². The Hall–Kier alpha value is -2.32. The molecule has 1 saturated heterocycles. The van der Waals surface area contributed by atoms with Crippen molar-refractivity contribution in [3.05, 3.63) is 59.7 Å². The molecule has 1 atom stereocenters. The number of carbonyl (C=O) groups excluding carboxylic acids is 2. The van der Waals surface area contributed by atoms with Gasteiger partial charge in [-0.05, 0) is 36.8 Å². The lowest BCUT2D eigenvalue weighted by molar-refractivity contribution is 0.0995. The monoisotopic (exact) mass is 390 g/mol. The van der Waals surface area contributed by atoms with Crippen LogP contribution in [0.15, 0.2) is 53.4 Å². The van der Waals surface area contributed by atoms with Crippen molar-refractivity contribution in [2.45, 2.75) is 16.6 Å². The van der Waals surface area contributed by atoms with Gasteiger partial charge in [-0.15, -0.1) is 11.8 Å². The number of hydrogen-bond donors (Lipinski definition) is 2. The summed E-state index contributed by atoms with van der Waals surface area (Å²) < 4.78 is 23.3. The molecule has 1 fully saturated rings. The first kappa shape index (κ1) is 18.5. The molecule has 0 radical (unpaired) electrons. The van der Waals surface area contributed by atoms with E-state index in [4.69, 9.17) is 5.73 Å². The van der Waals surface area contributed by atoms with E-state index < -0.39 is 15.7 Å². The molecule has 136 valence electrons. The highest BCUT2D eigenvalue weighted by Gasteiger charge is 2.29. The third-order valence-electron chi connectivity index (χ3n) is 4.02. The van der Waals surface area contributed by atoms with Crippen LogP contribution in [0.4, 0.5) is 5.69 Å². The molecule has 2 aromatic carbocycles. The van der Waals surface area contributed by atoms with E-state index in [0.29, 0.717) is 23.2 Å². The van der Waals surface area contributed by atoms with Crippen LogP contribution < -0.4 is 11.1 Å². The Morgan fingerprint density at radius 1 is 1.12 bits per heavy atom. The number of nitrogens with one attached hydrogen (secondary N) is 1. The first-order valence-electron chi connectivity index (χ1n) is 8.01. The zero-order valence-corrected chi connectivity index (χ0v) is 15.5. The van der Waals surface area contributed by atoms with Crippen LogP contribution in [0.25, 0.3) is 0 Å². The summed E-state index contributed by atoms with van der Waals surface area (Å²) in [6.45, 7) is 0. The molecular weight excluding hydrogens is 372 g/mol. The summed E-state index contributed by atoms with van der Waals surface area (Å²) in [6, 6.07) is 13.5. The predicted molar refractivity (Wildman–Crippen MR) is 102 cm³/mol. The molecule has 0 unspecified atom stereocenters. The molecule has 1 aliphatic heterocycles. The minimum Gasteiger partial charge on any atom is -0.366 e. The summed E-state index contributed by atoms with van der Waals surface area (Å²) in [7, 11) is -2.98. The second-order valence-electron chi connectivity index (χ2n) is 6.04. The van der Waals surface area contributed by atoms with Crippen LogP contribution in [-0.4, -0.2) is 37.0 Å². The van der Waals surface area contributed by atoms with Crippen LogP contribution in [0.5, 0.6) is 0 Å². The number of primary amides is 1. The Bertz CT molecular complexity index is 957. The van der Waals surface area contributed by atoms with Gasteiger partial charge in [0.15, 0.2) is 9.84 Å². The van der Waals surface area contributed by atoms with E-state index in [2.05, 4.69) is 5.32 Å².